The minimum Gasteiger partial charge on any atom is -0.485 e. The van der Waals surface area contributed by atoms with Crippen LogP contribution in [-0.4, -0.2) is 12.1 Å². The van der Waals surface area contributed by atoms with Gasteiger partial charge in [-0.25, -0.2) is 4.98 Å². The van der Waals surface area contributed by atoms with Crippen molar-refractivity contribution in [2.45, 2.75) is 0 Å². The number of hydrogen-bond donors (Lipinski definition) is 0. The molecule has 0 spiro atoms. The number of halogens is 1. The Labute approximate surface area is 59.6 Å². The second-order valence-electron chi connectivity index (χ2n) is 1.13. The number of nitrogens with zero attached hydrogens (tertiary/aromatic N) is 1. The van der Waals surface area contributed by atoms with Crippen LogP contribution in [0, 0.1) is 0 Å². The summed E-state index contributed by atoms with van der Waals surface area (Å²) in [4.78, 5) is 3.90. The van der Waals surface area contributed by atoms with Gasteiger partial charge in [-0.15, -0.1) is 0 Å². The molecule has 2 nitrogen and oxygen atoms in total. The van der Waals surface area contributed by atoms with Gasteiger partial charge in [0, 0.05) is 0 Å². The molecule has 0 aliphatic rings. The minimum absolute atomic E-state index is 0.782. The summed E-state index contributed by atoms with van der Waals surface area (Å²) in [7, 11) is 1.62. The molecule has 0 aromatic carbocycles. The highest BCUT2D eigenvalue weighted by Gasteiger charge is 1.98. The predicted molar refractivity (Wildman–Crippen MR) is 36.4 cm³/mol. The molecule has 0 saturated heterocycles. The van der Waals surface area contributed by atoms with Crippen LogP contribution >= 0.6 is 27.3 Å². The Bertz CT molecular complexity index is 176. The van der Waals surface area contributed by atoms with E-state index in [1.165, 1.54) is 11.3 Å². The highest BCUT2D eigenvalue weighted by molar-refractivity contribution is 9.10. The average molecular weight is 194 g/mol. The van der Waals surface area contributed by atoms with E-state index in [2.05, 4.69) is 20.9 Å². The maximum atomic E-state index is 4.89. The van der Waals surface area contributed by atoms with E-state index in [1.807, 2.05) is 0 Å². The molecule has 0 bridgehead atoms. The summed E-state index contributed by atoms with van der Waals surface area (Å²) in [5, 5.41) is 0.824. The van der Waals surface area contributed by atoms with Crippen LogP contribution in [0.5, 0.6) is 5.06 Å². The summed E-state index contributed by atoms with van der Waals surface area (Å²) in [5.41, 5.74) is 1.73. The van der Waals surface area contributed by atoms with Gasteiger partial charge in [0.25, 0.3) is 0 Å². The molecule has 4 heteroatoms. The topological polar surface area (TPSA) is 22.1 Å². The van der Waals surface area contributed by atoms with E-state index < -0.39 is 0 Å². The van der Waals surface area contributed by atoms with Crippen molar-refractivity contribution in [2.24, 2.45) is 0 Å². The number of ether oxygens (including phenoxy) is 1. The third-order valence-electron chi connectivity index (χ3n) is 0.680. The molecular formula is C4H4BrNOS. The highest BCUT2D eigenvalue weighted by Crippen LogP contribution is 2.26. The predicted octanol–water partition coefficient (Wildman–Crippen LogP) is 1.91. The van der Waals surface area contributed by atoms with Crippen LogP contribution in [0.2, 0.25) is 0 Å². The van der Waals surface area contributed by atoms with E-state index in [0.29, 0.717) is 0 Å². The quantitative estimate of drug-likeness (QED) is 0.681. The Morgan fingerprint density at radius 3 is 2.88 bits per heavy atom. The minimum atomic E-state index is 0.782. The van der Waals surface area contributed by atoms with Gasteiger partial charge in [0.1, 0.15) is 0 Å². The second kappa shape index (κ2) is 2.46. The van der Waals surface area contributed by atoms with Crippen LogP contribution in [0.1, 0.15) is 0 Å². The molecule has 0 aliphatic heterocycles. The van der Waals surface area contributed by atoms with E-state index >= 15 is 0 Å². The van der Waals surface area contributed by atoms with Crippen LogP contribution < -0.4 is 4.74 Å². The molecule has 0 aliphatic carbocycles. The van der Waals surface area contributed by atoms with Crippen molar-refractivity contribution in [1.29, 1.82) is 0 Å². The SMILES string of the molecule is COc1scnc1Br. The summed E-state index contributed by atoms with van der Waals surface area (Å²) in [5.74, 6) is 0. The molecule has 44 valence electrons. The van der Waals surface area contributed by atoms with Gasteiger partial charge in [-0.3, -0.25) is 0 Å². The van der Waals surface area contributed by atoms with Gasteiger partial charge in [0.2, 0.25) is 5.06 Å². The maximum absolute atomic E-state index is 4.89. The van der Waals surface area contributed by atoms with Crippen molar-refractivity contribution in [2.75, 3.05) is 7.11 Å². The zero-order valence-corrected chi connectivity index (χ0v) is 6.62. The third-order valence-corrected chi connectivity index (χ3v) is 2.29. The smallest absolute Gasteiger partial charge is 0.208 e. The van der Waals surface area contributed by atoms with Crippen molar-refractivity contribution < 1.29 is 4.74 Å². The molecule has 1 rings (SSSR count). The lowest BCUT2D eigenvalue weighted by molar-refractivity contribution is 0.423. The zero-order valence-electron chi connectivity index (χ0n) is 4.22. The Balaban J connectivity index is 2.92. The summed E-state index contributed by atoms with van der Waals surface area (Å²) >= 11 is 4.67. The van der Waals surface area contributed by atoms with Gasteiger partial charge in [0.05, 0.1) is 12.6 Å². The molecule has 0 amide bonds. The standard InChI is InChI=1S/C4H4BrNOS/c1-7-4-3(5)6-2-8-4/h2H,1H3. The normalized spacial score (nSPS) is 9.25. The molecule has 0 radical (unpaired) electrons. The van der Waals surface area contributed by atoms with E-state index in [0.717, 1.165) is 9.67 Å². The average Bonchev–Trinajstić information content (AvgIpc) is 2.14. The van der Waals surface area contributed by atoms with E-state index in [1.54, 1.807) is 12.6 Å². The lowest BCUT2D eigenvalue weighted by atomic mass is 10.9. The molecule has 0 unspecified atom stereocenters. The summed E-state index contributed by atoms with van der Waals surface area (Å²) in [6, 6.07) is 0. The van der Waals surface area contributed by atoms with Crippen molar-refractivity contribution in [3.8, 4) is 5.06 Å². The first-order chi connectivity index (χ1) is 3.84. The van der Waals surface area contributed by atoms with Crippen molar-refractivity contribution >= 4 is 27.3 Å². The Kier molecular flexibility index (Phi) is 1.85. The van der Waals surface area contributed by atoms with E-state index in [9.17, 15) is 0 Å². The molecule has 8 heavy (non-hydrogen) atoms. The fourth-order valence-corrected chi connectivity index (χ4v) is 1.53. The number of thiazole rings is 1. The molecule has 1 heterocycles. The fourth-order valence-electron chi connectivity index (χ4n) is 0.354. The van der Waals surface area contributed by atoms with Gasteiger partial charge in [-0.2, -0.15) is 0 Å². The summed E-state index contributed by atoms with van der Waals surface area (Å²) in [6.45, 7) is 0. The first-order valence-electron chi connectivity index (χ1n) is 1.97. The van der Waals surface area contributed by atoms with Crippen LogP contribution in [-0.2, 0) is 0 Å². The first kappa shape index (κ1) is 6.04. The zero-order chi connectivity index (χ0) is 5.98. The van der Waals surface area contributed by atoms with Gasteiger partial charge in [0.15, 0.2) is 4.60 Å². The van der Waals surface area contributed by atoms with Crippen molar-refractivity contribution in [3.63, 3.8) is 0 Å². The van der Waals surface area contributed by atoms with Gasteiger partial charge >= 0.3 is 0 Å². The number of rotatable bonds is 1. The molecule has 0 N–H and O–H groups in total. The summed E-state index contributed by atoms with van der Waals surface area (Å²) in [6.07, 6.45) is 0. The monoisotopic (exact) mass is 193 g/mol. The van der Waals surface area contributed by atoms with Gasteiger partial charge in [-0.1, -0.05) is 11.3 Å². The largest absolute Gasteiger partial charge is 0.485 e. The van der Waals surface area contributed by atoms with Gasteiger partial charge < -0.3 is 4.74 Å². The lowest BCUT2D eigenvalue weighted by Gasteiger charge is -1.89. The Hall–Kier alpha value is -0.0900. The first-order valence-corrected chi connectivity index (χ1v) is 3.65. The van der Waals surface area contributed by atoms with Crippen LogP contribution in [0.25, 0.3) is 0 Å². The van der Waals surface area contributed by atoms with E-state index in [4.69, 9.17) is 4.74 Å². The third kappa shape index (κ3) is 1.00. The highest BCUT2D eigenvalue weighted by atomic mass is 79.9. The second-order valence-corrected chi connectivity index (χ2v) is 2.70. The van der Waals surface area contributed by atoms with Gasteiger partial charge in [-0.05, 0) is 15.9 Å². The lowest BCUT2D eigenvalue weighted by Crippen LogP contribution is -1.76. The number of aromatic nitrogens is 1. The maximum Gasteiger partial charge on any atom is 0.208 e. The van der Waals surface area contributed by atoms with E-state index in [-0.39, 0.29) is 0 Å². The fraction of sp³-hybridized carbons (Fsp3) is 0.250. The van der Waals surface area contributed by atoms with Crippen LogP contribution in [0.15, 0.2) is 10.1 Å². The number of hydrogen-bond acceptors (Lipinski definition) is 3. The van der Waals surface area contributed by atoms with Crippen molar-refractivity contribution in [1.82, 2.24) is 4.98 Å². The molecule has 0 saturated carbocycles. The molecule has 1 aromatic rings. The van der Waals surface area contributed by atoms with Crippen LogP contribution in [0.3, 0.4) is 0 Å². The molecule has 0 fully saturated rings. The Morgan fingerprint density at radius 1 is 1.88 bits per heavy atom. The summed E-state index contributed by atoms with van der Waals surface area (Å²) < 4.78 is 5.68. The number of methoxy groups -OCH3 is 1. The van der Waals surface area contributed by atoms with Crippen molar-refractivity contribution in [3.05, 3.63) is 10.1 Å². The molecule has 0 atom stereocenters. The molecular weight excluding hydrogens is 190 g/mol. The van der Waals surface area contributed by atoms with Crippen LogP contribution in [0.4, 0.5) is 0 Å². The molecule has 1 aromatic heterocycles. The Morgan fingerprint density at radius 2 is 2.62 bits per heavy atom.